The van der Waals surface area contributed by atoms with Gasteiger partial charge in [-0.1, -0.05) is 17.7 Å². The number of rotatable bonds is 4. The molecule has 0 aliphatic carbocycles. The Labute approximate surface area is 113 Å². The van der Waals surface area contributed by atoms with Crippen LogP contribution in [0.2, 0.25) is 5.02 Å². The number of hydrogen-bond acceptors (Lipinski definition) is 4. The van der Waals surface area contributed by atoms with Crippen LogP contribution in [0.1, 0.15) is 5.69 Å². The van der Waals surface area contributed by atoms with Crippen LogP contribution in [0.4, 0.5) is 14.6 Å². The second-order valence-corrected chi connectivity index (χ2v) is 4.02. The minimum Gasteiger partial charge on any atom is -0.481 e. The average Bonchev–Trinajstić information content (AvgIpc) is 2.40. The topological polar surface area (TPSA) is 60.2 Å². The van der Waals surface area contributed by atoms with Gasteiger partial charge in [-0.05, 0) is 24.3 Å². The molecule has 1 heterocycles. The molecule has 0 aliphatic rings. The smallest absolute Gasteiger partial charge is 0.191 e. The fraction of sp³-hybridized carbons (Fsp3) is 0.0833. The van der Waals surface area contributed by atoms with Crippen LogP contribution in [0.15, 0.2) is 30.3 Å². The Balaban J connectivity index is 2.19. The van der Waals surface area contributed by atoms with Crippen LogP contribution in [0.3, 0.4) is 0 Å². The Hall–Kier alpha value is -1.92. The summed E-state index contributed by atoms with van der Waals surface area (Å²) in [7, 11) is 0. The molecule has 2 rings (SSSR count). The monoisotopic (exact) mass is 285 g/mol. The molecular formula is C12H10ClF2N3O. The maximum atomic E-state index is 13.3. The van der Waals surface area contributed by atoms with E-state index < -0.39 is 17.4 Å². The van der Waals surface area contributed by atoms with Crippen LogP contribution in [-0.4, -0.2) is 4.98 Å². The van der Waals surface area contributed by atoms with Gasteiger partial charge in [0.15, 0.2) is 17.4 Å². The zero-order valence-electron chi connectivity index (χ0n) is 9.66. The number of anilines is 1. The van der Waals surface area contributed by atoms with E-state index in [0.29, 0.717) is 16.5 Å². The predicted octanol–water partition coefficient (Wildman–Crippen LogP) is 2.88. The summed E-state index contributed by atoms with van der Waals surface area (Å²) in [6.07, 6.45) is 0. The summed E-state index contributed by atoms with van der Waals surface area (Å²) >= 11 is 5.90. The molecule has 0 spiro atoms. The summed E-state index contributed by atoms with van der Waals surface area (Å²) in [4.78, 5) is 4.03. The molecule has 0 bridgehead atoms. The van der Waals surface area contributed by atoms with Gasteiger partial charge in [0.05, 0.1) is 10.7 Å². The summed E-state index contributed by atoms with van der Waals surface area (Å²) in [5.74, 6) is 3.54. The number of hydrogen-bond donors (Lipinski definition) is 2. The highest BCUT2D eigenvalue weighted by atomic mass is 35.5. The molecule has 0 radical (unpaired) electrons. The Kier molecular flexibility index (Phi) is 4.13. The maximum absolute atomic E-state index is 13.3. The quantitative estimate of drug-likeness (QED) is 0.670. The lowest BCUT2D eigenvalue weighted by Gasteiger charge is -2.09. The fourth-order valence-corrected chi connectivity index (χ4v) is 1.59. The lowest BCUT2D eigenvalue weighted by atomic mass is 10.3. The molecule has 0 saturated heterocycles. The molecule has 7 heteroatoms. The van der Waals surface area contributed by atoms with Crippen molar-refractivity contribution < 1.29 is 13.5 Å². The van der Waals surface area contributed by atoms with E-state index in [-0.39, 0.29) is 6.61 Å². The number of ether oxygens (including phenoxy) is 1. The Bertz CT molecular complexity index is 575. The first-order chi connectivity index (χ1) is 9.11. The number of nitrogens with one attached hydrogen (secondary N) is 1. The Morgan fingerprint density at radius 3 is 2.53 bits per heavy atom. The van der Waals surface area contributed by atoms with Crippen molar-refractivity contribution in [3.05, 3.63) is 52.7 Å². The third-order valence-corrected chi connectivity index (χ3v) is 2.68. The third kappa shape index (κ3) is 3.10. The summed E-state index contributed by atoms with van der Waals surface area (Å²) in [5, 5.41) is 0.316. The van der Waals surface area contributed by atoms with E-state index >= 15 is 0 Å². The standard InChI is InChI=1S/C12H10ClF2N3O/c13-7-4-5-11(18-16)17-10(7)6-19-12-8(14)2-1-3-9(12)15/h1-5H,6,16H2,(H,17,18). The van der Waals surface area contributed by atoms with Gasteiger partial charge in [-0.15, -0.1) is 0 Å². The molecule has 19 heavy (non-hydrogen) atoms. The van der Waals surface area contributed by atoms with Gasteiger partial charge in [0, 0.05) is 0 Å². The van der Waals surface area contributed by atoms with Crippen molar-refractivity contribution in [3.8, 4) is 5.75 Å². The average molecular weight is 286 g/mol. The molecule has 0 saturated carbocycles. The molecule has 4 nitrogen and oxygen atoms in total. The molecule has 1 aromatic heterocycles. The molecule has 0 fully saturated rings. The summed E-state index contributed by atoms with van der Waals surface area (Å²) in [5.41, 5.74) is 2.66. The fourth-order valence-electron chi connectivity index (χ4n) is 1.43. The first kappa shape index (κ1) is 13.5. The van der Waals surface area contributed by atoms with Crippen LogP contribution >= 0.6 is 11.6 Å². The first-order valence-electron chi connectivity index (χ1n) is 5.30. The molecule has 3 N–H and O–H groups in total. The van der Waals surface area contributed by atoms with Crippen LogP contribution in [0, 0.1) is 11.6 Å². The van der Waals surface area contributed by atoms with E-state index in [1.54, 1.807) is 12.1 Å². The van der Waals surface area contributed by atoms with E-state index in [0.717, 1.165) is 12.1 Å². The normalized spacial score (nSPS) is 10.3. The number of para-hydroxylation sites is 1. The van der Waals surface area contributed by atoms with Gasteiger partial charge >= 0.3 is 0 Å². The number of nitrogens with zero attached hydrogens (tertiary/aromatic N) is 1. The Morgan fingerprint density at radius 2 is 1.89 bits per heavy atom. The summed E-state index contributed by atoms with van der Waals surface area (Å²) in [6.45, 7) is -0.174. The molecule has 2 aromatic rings. The van der Waals surface area contributed by atoms with E-state index in [9.17, 15) is 8.78 Å². The highest BCUT2D eigenvalue weighted by molar-refractivity contribution is 6.31. The Morgan fingerprint density at radius 1 is 1.21 bits per heavy atom. The lowest BCUT2D eigenvalue weighted by molar-refractivity contribution is 0.270. The summed E-state index contributed by atoms with van der Waals surface area (Å²) < 4.78 is 31.8. The van der Waals surface area contributed by atoms with E-state index in [1.165, 1.54) is 6.07 Å². The van der Waals surface area contributed by atoms with Crippen LogP contribution in [0.25, 0.3) is 0 Å². The van der Waals surface area contributed by atoms with Crippen LogP contribution in [0.5, 0.6) is 5.75 Å². The minimum absolute atomic E-state index is 0.174. The van der Waals surface area contributed by atoms with Gasteiger partial charge in [0.2, 0.25) is 0 Å². The third-order valence-electron chi connectivity index (χ3n) is 2.34. The number of nitrogens with two attached hydrogens (primary N) is 1. The van der Waals surface area contributed by atoms with Gasteiger partial charge in [-0.3, -0.25) is 0 Å². The highest BCUT2D eigenvalue weighted by Gasteiger charge is 2.11. The number of pyridine rings is 1. The number of hydrazine groups is 1. The molecule has 0 aliphatic heterocycles. The second-order valence-electron chi connectivity index (χ2n) is 3.61. The van der Waals surface area contributed by atoms with Crippen LogP contribution in [-0.2, 0) is 6.61 Å². The summed E-state index contributed by atoms with van der Waals surface area (Å²) in [6, 6.07) is 6.58. The van der Waals surface area contributed by atoms with Crippen molar-refractivity contribution in [2.24, 2.45) is 5.84 Å². The first-order valence-corrected chi connectivity index (χ1v) is 5.68. The second kappa shape index (κ2) is 5.81. The molecule has 100 valence electrons. The predicted molar refractivity (Wildman–Crippen MR) is 67.7 cm³/mol. The largest absolute Gasteiger partial charge is 0.481 e. The van der Waals surface area contributed by atoms with Crippen molar-refractivity contribution in [2.75, 3.05) is 5.43 Å². The van der Waals surface area contributed by atoms with Crippen molar-refractivity contribution >= 4 is 17.4 Å². The SMILES string of the molecule is NNc1ccc(Cl)c(COc2c(F)cccc2F)n1. The maximum Gasteiger partial charge on any atom is 0.191 e. The lowest BCUT2D eigenvalue weighted by Crippen LogP contribution is -2.10. The molecule has 1 aromatic carbocycles. The molecule has 0 atom stereocenters. The van der Waals surface area contributed by atoms with Gasteiger partial charge in [0.1, 0.15) is 12.4 Å². The van der Waals surface area contributed by atoms with E-state index in [4.69, 9.17) is 22.2 Å². The van der Waals surface area contributed by atoms with Crippen molar-refractivity contribution in [2.45, 2.75) is 6.61 Å². The van der Waals surface area contributed by atoms with Crippen molar-refractivity contribution in [1.29, 1.82) is 0 Å². The van der Waals surface area contributed by atoms with Crippen LogP contribution < -0.4 is 16.0 Å². The molecule has 0 amide bonds. The molecular weight excluding hydrogens is 276 g/mol. The minimum atomic E-state index is -0.788. The van der Waals surface area contributed by atoms with Crippen molar-refractivity contribution in [3.63, 3.8) is 0 Å². The van der Waals surface area contributed by atoms with E-state index in [1.807, 2.05) is 0 Å². The van der Waals surface area contributed by atoms with Gasteiger partial charge in [0.25, 0.3) is 0 Å². The number of nitrogen functional groups attached to an aromatic ring is 1. The van der Waals surface area contributed by atoms with E-state index in [2.05, 4.69) is 10.4 Å². The van der Waals surface area contributed by atoms with Gasteiger partial charge in [-0.25, -0.2) is 19.6 Å². The number of benzene rings is 1. The number of halogens is 3. The van der Waals surface area contributed by atoms with Gasteiger partial charge in [-0.2, -0.15) is 0 Å². The zero-order valence-corrected chi connectivity index (χ0v) is 10.4. The number of aromatic nitrogens is 1. The zero-order chi connectivity index (χ0) is 13.8. The van der Waals surface area contributed by atoms with Crippen molar-refractivity contribution in [1.82, 2.24) is 4.98 Å². The highest BCUT2D eigenvalue weighted by Crippen LogP contribution is 2.23. The van der Waals surface area contributed by atoms with Gasteiger partial charge < -0.3 is 10.2 Å². The molecule has 0 unspecified atom stereocenters.